The SMILES string of the molecule is Cc1ccc(N)c(N(C)Cc2cc(F)ccc2F)c1. The van der Waals surface area contributed by atoms with Gasteiger partial charge in [-0.3, -0.25) is 0 Å². The Hall–Kier alpha value is -2.10. The summed E-state index contributed by atoms with van der Waals surface area (Å²) in [6, 6.07) is 9.10. The van der Waals surface area contributed by atoms with Gasteiger partial charge in [0.2, 0.25) is 0 Å². The summed E-state index contributed by atoms with van der Waals surface area (Å²) in [5.74, 6) is -0.860. The number of hydrogen-bond donors (Lipinski definition) is 1. The number of nitrogen functional groups attached to an aromatic ring is 1. The standard InChI is InChI=1S/C15H16F2N2/c1-10-3-6-14(18)15(7-10)19(2)9-11-8-12(16)4-5-13(11)17/h3-8H,9,18H2,1-2H3. The molecule has 100 valence electrons. The number of aryl methyl sites for hydroxylation is 1. The molecule has 2 aromatic rings. The molecule has 0 saturated carbocycles. The summed E-state index contributed by atoms with van der Waals surface area (Å²) in [7, 11) is 1.80. The summed E-state index contributed by atoms with van der Waals surface area (Å²) >= 11 is 0. The molecule has 0 unspecified atom stereocenters. The minimum atomic E-state index is -0.443. The van der Waals surface area contributed by atoms with Gasteiger partial charge in [-0.2, -0.15) is 0 Å². The van der Waals surface area contributed by atoms with Crippen molar-refractivity contribution < 1.29 is 8.78 Å². The van der Waals surface area contributed by atoms with E-state index in [0.29, 0.717) is 11.3 Å². The number of hydrogen-bond acceptors (Lipinski definition) is 2. The minimum absolute atomic E-state index is 0.261. The van der Waals surface area contributed by atoms with Crippen molar-refractivity contribution in [2.45, 2.75) is 13.5 Å². The maximum absolute atomic E-state index is 13.6. The van der Waals surface area contributed by atoms with Gasteiger partial charge < -0.3 is 10.6 Å². The average molecular weight is 262 g/mol. The number of halogens is 2. The smallest absolute Gasteiger partial charge is 0.128 e. The lowest BCUT2D eigenvalue weighted by molar-refractivity contribution is 0.583. The molecule has 2 rings (SSSR count). The molecule has 2 aromatic carbocycles. The summed E-state index contributed by atoms with van der Waals surface area (Å²) < 4.78 is 26.7. The second-order valence-electron chi connectivity index (χ2n) is 4.65. The van der Waals surface area contributed by atoms with Crippen molar-refractivity contribution in [2.24, 2.45) is 0 Å². The molecule has 2 N–H and O–H groups in total. The number of benzene rings is 2. The van der Waals surface area contributed by atoms with Crippen LogP contribution in [0.5, 0.6) is 0 Å². The third-order valence-corrected chi connectivity index (χ3v) is 3.01. The van der Waals surface area contributed by atoms with Crippen molar-refractivity contribution in [3.63, 3.8) is 0 Å². The summed E-state index contributed by atoms with van der Waals surface area (Å²) in [5.41, 5.74) is 8.70. The quantitative estimate of drug-likeness (QED) is 0.858. The van der Waals surface area contributed by atoms with E-state index in [4.69, 9.17) is 5.73 Å². The maximum atomic E-state index is 13.6. The Morgan fingerprint density at radius 2 is 1.84 bits per heavy atom. The number of nitrogens with zero attached hydrogens (tertiary/aromatic N) is 1. The Morgan fingerprint density at radius 3 is 2.58 bits per heavy atom. The second kappa shape index (κ2) is 5.26. The highest BCUT2D eigenvalue weighted by Crippen LogP contribution is 2.25. The summed E-state index contributed by atoms with van der Waals surface area (Å²) in [6.45, 7) is 2.22. The van der Waals surface area contributed by atoms with Crippen molar-refractivity contribution in [3.8, 4) is 0 Å². The van der Waals surface area contributed by atoms with Crippen LogP contribution >= 0.6 is 0 Å². The maximum Gasteiger partial charge on any atom is 0.128 e. The molecule has 0 aliphatic rings. The van der Waals surface area contributed by atoms with E-state index in [0.717, 1.165) is 23.4 Å². The van der Waals surface area contributed by atoms with Crippen LogP contribution in [0.25, 0.3) is 0 Å². The summed E-state index contributed by atoms with van der Waals surface area (Å²) in [5, 5.41) is 0. The number of nitrogens with two attached hydrogens (primary N) is 1. The lowest BCUT2D eigenvalue weighted by Gasteiger charge is -2.22. The third-order valence-electron chi connectivity index (χ3n) is 3.01. The highest BCUT2D eigenvalue weighted by atomic mass is 19.1. The van der Waals surface area contributed by atoms with Crippen LogP contribution in [0.2, 0.25) is 0 Å². The fourth-order valence-corrected chi connectivity index (χ4v) is 1.99. The van der Waals surface area contributed by atoms with Crippen LogP contribution in [0.3, 0.4) is 0 Å². The van der Waals surface area contributed by atoms with Gasteiger partial charge in [0.05, 0.1) is 11.4 Å². The Kier molecular flexibility index (Phi) is 3.69. The van der Waals surface area contributed by atoms with E-state index in [1.165, 1.54) is 6.07 Å². The topological polar surface area (TPSA) is 29.3 Å². The second-order valence-corrected chi connectivity index (χ2v) is 4.65. The first-order valence-corrected chi connectivity index (χ1v) is 5.98. The Labute approximate surface area is 111 Å². The highest BCUT2D eigenvalue weighted by Gasteiger charge is 2.10. The molecular weight excluding hydrogens is 246 g/mol. The highest BCUT2D eigenvalue weighted by molar-refractivity contribution is 5.68. The van der Waals surface area contributed by atoms with E-state index in [1.54, 1.807) is 11.9 Å². The van der Waals surface area contributed by atoms with Gasteiger partial charge >= 0.3 is 0 Å². The normalized spacial score (nSPS) is 10.5. The van der Waals surface area contributed by atoms with Crippen LogP contribution in [0.15, 0.2) is 36.4 Å². The van der Waals surface area contributed by atoms with Crippen molar-refractivity contribution in [1.82, 2.24) is 0 Å². The van der Waals surface area contributed by atoms with E-state index in [2.05, 4.69) is 0 Å². The predicted octanol–water partition coefficient (Wildman–Crippen LogP) is 3.49. The molecule has 19 heavy (non-hydrogen) atoms. The summed E-state index contributed by atoms with van der Waals surface area (Å²) in [6.07, 6.45) is 0. The summed E-state index contributed by atoms with van der Waals surface area (Å²) in [4.78, 5) is 1.81. The third kappa shape index (κ3) is 3.02. The molecular formula is C15H16F2N2. The van der Waals surface area contributed by atoms with Gasteiger partial charge in [-0.25, -0.2) is 8.78 Å². The first-order valence-electron chi connectivity index (χ1n) is 5.98. The van der Waals surface area contributed by atoms with Crippen LogP contribution in [0.4, 0.5) is 20.2 Å². The molecule has 0 saturated heterocycles. The van der Waals surface area contributed by atoms with Gasteiger partial charge in [0.1, 0.15) is 11.6 Å². The molecule has 0 amide bonds. The van der Waals surface area contributed by atoms with E-state index < -0.39 is 11.6 Å². The first kappa shape index (κ1) is 13.3. The van der Waals surface area contributed by atoms with Crippen molar-refractivity contribution in [2.75, 3.05) is 17.7 Å². The fourth-order valence-electron chi connectivity index (χ4n) is 1.99. The van der Waals surface area contributed by atoms with Crippen molar-refractivity contribution in [3.05, 3.63) is 59.2 Å². The van der Waals surface area contributed by atoms with Gasteiger partial charge in [0, 0.05) is 19.2 Å². The lowest BCUT2D eigenvalue weighted by Crippen LogP contribution is -2.18. The Bertz CT molecular complexity index is 597. The number of rotatable bonds is 3. The van der Waals surface area contributed by atoms with Crippen LogP contribution < -0.4 is 10.6 Å². The Morgan fingerprint density at radius 1 is 1.11 bits per heavy atom. The van der Waals surface area contributed by atoms with Crippen LogP contribution in [-0.4, -0.2) is 7.05 Å². The largest absolute Gasteiger partial charge is 0.397 e. The Balaban J connectivity index is 2.27. The molecule has 0 aliphatic carbocycles. The molecule has 4 heteroatoms. The molecule has 0 aliphatic heterocycles. The predicted molar refractivity (Wildman–Crippen MR) is 74.1 cm³/mol. The van der Waals surface area contributed by atoms with Crippen molar-refractivity contribution >= 4 is 11.4 Å². The zero-order chi connectivity index (χ0) is 14.0. The lowest BCUT2D eigenvalue weighted by atomic mass is 10.1. The van der Waals surface area contributed by atoms with Crippen molar-refractivity contribution in [1.29, 1.82) is 0 Å². The molecule has 0 heterocycles. The molecule has 0 radical (unpaired) electrons. The van der Waals surface area contributed by atoms with Gasteiger partial charge in [0.15, 0.2) is 0 Å². The monoisotopic (exact) mass is 262 g/mol. The zero-order valence-corrected chi connectivity index (χ0v) is 11.0. The fraction of sp³-hybridized carbons (Fsp3) is 0.200. The van der Waals surface area contributed by atoms with E-state index in [9.17, 15) is 8.78 Å². The van der Waals surface area contributed by atoms with Gasteiger partial charge in [-0.1, -0.05) is 6.07 Å². The van der Waals surface area contributed by atoms with E-state index in [1.807, 2.05) is 25.1 Å². The number of anilines is 2. The van der Waals surface area contributed by atoms with Crippen LogP contribution in [0, 0.1) is 18.6 Å². The van der Waals surface area contributed by atoms with Gasteiger partial charge in [0.25, 0.3) is 0 Å². The molecule has 0 atom stereocenters. The molecule has 0 spiro atoms. The van der Waals surface area contributed by atoms with E-state index in [-0.39, 0.29) is 6.54 Å². The molecule has 2 nitrogen and oxygen atoms in total. The zero-order valence-electron chi connectivity index (χ0n) is 11.0. The molecule has 0 fully saturated rings. The van der Waals surface area contributed by atoms with Crippen LogP contribution in [-0.2, 0) is 6.54 Å². The first-order chi connectivity index (χ1) is 8.97. The van der Waals surface area contributed by atoms with Crippen LogP contribution in [0.1, 0.15) is 11.1 Å². The minimum Gasteiger partial charge on any atom is -0.397 e. The molecule has 0 aromatic heterocycles. The van der Waals surface area contributed by atoms with Gasteiger partial charge in [-0.05, 0) is 42.8 Å². The average Bonchev–Trinajstić information content (AvgIpc) is 2.36. The van der Waals surface area contributed by atoms with E-state index >= 15 is 0 Å². The van der Waals surface area contributed by atoms with Gasteiger partial charge in [-0.15, -0.1) is 0 Å². The molecule has 0 bridgehead atoms.